The Morgan fingerprint density at radius 3 is 2.74 bits per heavy atom. The molecule has 0 amide bonds. The molecule has 3 nitrogen and oxygen atoms in total. The van der Waals surface area contributed by atoms with Gasteiger partial charge in [0.2, 0.25) is 0 Å². The van der Waals surface area contributed by atoms with Crippen LogP contribution >= 0.6 is 0 Å². The SMILES string of the molecule is CCC(C)(C)c1ccc(OC)c(C2NCCc3c2[nH]c2ccc(F)cc32)c1. The van der Waals surface area contributed by atoms with Crippen LogP contribution in [0, 0.1) is 5.82 Å². The minimum atomic E-state index is -0.191. The summed E-state index contributed by atoms with van der Waals surface area (Å²) in [6.45, 7) is 7.60. The van der Waals surface area contributed by atoms with Crippen LogP contribution in [0.25, 0.3) is 10.9 Å². The molecule has 3 aromatic rings. The van der Waals surface area contributed by atoms with Crippen LogP contribution in [0.4, 0.5) is 4.39 Å². The number of ether oxygens (including phenoxy) is 1. The Morgan fingerprint density at radius 2 is 2.00 bits per heavy atom. The van der Waals surface area contributed by atoms with Crippen LogP contribution in [0.2, 0.25) is 0 Å². The second kappa shape index (κ2) is 6.68. The van der Waals surface area contributed by atoms with Gasteiger partial charge in [-0.2, -0.15) is 0 Å². The van der Waals surface area contributed by atoms with E-state index in [0.717, 1.165) is 47.3 Å². The highest BCUT2D eigenvalue weighted by Gasteiger charge is 2.29. The average Bonchev–Trinajstić information content (AvgIpc) is 3.05. The molecule has 1 atom stereocenters. The Morgan fingerprint density at radius 1 is 1.19 bits per heavy atom. The van der Waals surface area contributed by atoms with E-state index in [1.807, 2.05) is 6.07 Å². The zero-order valence-corrected chi connectivity index (χ0v) is 16.4. The third kappa shape index (κ3) is 3.02. The first-order chi connectivity index (χ1) is 12.9. The zero-order valence-electron chi connectivity index (χ0n) is 16.4. The number of halogens is 1. The van der Waals surface area contributed by atoms with Gasteiger partial charge in [-0.05, 0) is 59.7 Å². The van der Waals surface area contributed by atoms with E-state index in [1.54, 1.807) is 13.2 Å². The van der Waals surface area contributed by atoms with Crippen molar-refractivity contribution in [1.82, 2.24) is 10.3 Å². The lowest BCUT2D eigenvalue weighted by Gasteiger charge is -2.29. The van der Waals surface area contributed by atoms with Gasteiger partial charge in [0, 0.05) is 28.7 Å². The van der Waals surface area contributed by atoms with Crippen molar-refractivity contribution in [2.24, 2.45) is 0 Å². The molecule has 0 aliphatic carbocycles. The monoisotopic (exact) mass is 366 g/mol. The van der Waals surface area contributed by atoms with Gasteiger partial charge in [0.05, 0.1) is 13.2 Å². The summed E-state index contributed by atoms with van der Waals surface area (Å²) >= 11 is 0. The predicted molar refractivity (Wildman–Crippen MR) is 108 cm³/mol. The molecular weight excluding hydrogens is 339 g/mol. The normalized spacial score (nSPS) is 17.1. The average molecular weight is 366 g/mol. The van der Waals surface area contributed by atoms with Crippen molar-refractivity contribution in [1.29, 1.82) is 0 Å². The Balaban J connectivity index is 1.88. The number of nitrogens with one attached hydrogen (secondary N) is 2. The van der Waals surface area contributed by atoms with Crippen LogP contribution in [0.3, 0.4) is 0 Å². The molecule has 2 heterocycles. The number of fused-ring (bicyclic) bond motifs is 3. The molecule has 2 N–H and O–H groups in total. The first-order valence-electron chi connectivity index (χ1n) is 9.66. The van der Waals surface area contributed by atoms with Gasteiger partial charge in [-0.3, -0.25) is 0 Å². The van der Waals surface area contributed by atoms with Crippen LogP contribution in [0.5, 0.6) is 5.75 Å². The number of H-pyrrole nitrogens is 1. The van der Waals surface area contributed by atoms with Crippen molar-refractivity contribution in [3.63, 3.8) is 0 Å². The summed E-state index contributed by atoms with van der Waals surface area (Å²) in [6.07, 6.45) is 1.95. The van der Waals surface area contributed by atoms with Crippen LogP contribution in [-0.4, -0.2) is 18.6 Å². The molecule has 1 aliphatic rings. The molecule has 0 fully saturated rings. The summed E-state index contributed by atoms with van der Waals surface area (Å²) in [4.78, 5) is 3.53. The van der Waals surface area contributed by atoms with E-state index in [4.69, 9.17) is 4.74 Å². The summed E-state index contributed by atoms with van der Waals surface area (Å²) in [5.41, 5.74) is 5.84. The maximum atomic E-state index is 13.8. The minimum absolute atomic E-state index is 0.00627. The highest BCUT2D eigenvalue weighted by atomic mass is 19.1. The standard InChI is InChI=1S/C23H27FN2O/c1-5-23(2,3)14-6-9-20(27-4)18(12-14)21-22-16(10-11-25-21)17-13-15(24)7-8-19(17)26-22/h6-9,12-13,21,25-26H,5,10-11H2,1-4H3. The van der Waals surface area contributed by atoms with Crippen molar-refractivity contribution < 1.29 is 9.13 Å². The molecule has 0 bridgehead atoms. The lowest BCUT2D eigenvalue weighted by atomic mass is 9.80. The van der Waals surface area contributed by atoms with E-state index in [1.165, 1.54) is 17.2 Å². The van der Waals surface area contributed by atoms with Crippen molar-refractivity contribution >= 4 is 10.9 Å². The molecule has 0 saturated heterocycles. The first-order valence-corrected chi connectivity index (χ1v) is 9.66. The second-order valence-electron chi connectivity index (χ2n) is 8.04. The molecular formula is C23H27FN2O. The number of methoxy groups -OCH3 is 1. The van der Waals surface area contributed by atoms with Crippen LogP contribution in [-0.2, 0) is 11.8 Å². The molecule has 0 spiro atoms. The van der Waals surface area contributed by atoms with Gasteiger partial charge in [0.25, 0.3) is 0 Å². The fourth-order valence-corrected chi connectivity index (χ4v) is 4.05. The van der Waals surface area contributed by atoms with E-state index in [9.17, 15) is 4.39 Å². The van der Waals surface area contributed by atoms with Crippen molar-refractivity contribution in [3.8, 4) is 5.75 Å². The fraction of sp³-hybridized carbons (Fsp3) is 0.391. The molecule has 1 aliphatic heterocycles. The molecule has 142 valence electrons. The van der Waals surface area contributed by atoms with Gasteiger partial charge in [-0.25, -0.2) is 4.39 Å². The van der Waals surface area contributed by atoms with Crippen LogP contribution < -0.4 is 10.1 Å². The molecule has 1 unspecified atom stereocenters. The van der Waals surface area contributed by atoms with Gasteiger partial charge in [0.1, 0.15) is 11.6 Å². The van der Waals surface area contributed by atoms with Crippen molar-refractivity contribution in [3.05, 3.63) is 64.6 Å². The number of aromatic amines is 1. The van der Waals surface area contributed by atoms with Crippen molar-refractivity contribution in [2.45, 2.75) is 45.1 Å². The Kier molecular flexibility index (Phi) is 4.47. The van der Waals surface area contributed by atoms with E-state index in [0.29, 0.717) is 0 Å². The number of aromatic nitrogens is 1. The van der Waals surface area contributed by atoms with E-state index in [2.05, 4.69) is 49.3 Å². The van der Waals surface area contributed by atoms with Gasteiger partial charge in [-0.15, -0.1) is 0 Å². The summed E-state index contributed by atoms with van der Waals surface area (Å²) in [5.74, 6) is 0.685. The lowest BCUT2D eigenvalue weighted by Crippen LogP contribution is -2.31. The first kappa shape index (κ1) is 18.1. The van der Waals surface area contributed by atoms with Crippen LogP contribution in [0.15, 0.2) is 36.4 Å². The maximum absolute atomic E-state index is 13.8. The molecule has 1 aromatic heterocycles. The molecule has 4 heteroatoms. The molecule has 0 radical (unpaired) electrons. The molecule has 0 saturated carbocycles. The summed E-state index contributed by atoms with van der Waals surface area (Å²) in [5, 5.41) is 4.62. The van der Waals surface area contributed by atoms with Crippen molar-refractivity contribution in [2.75, 3.05) is 13.7 Å². The lowest BCUT2D eigenvalue weighted by molar-refractivity contribution is 0.400. The second-order valence-corrected chi connectivity index (χ2v) is 8.04. The molecule has 4 rings (SSSR count). The third-order valence-corrected chi connectivity index (χ3v) is 6.12. The third-order valence-electron chi connectivity index (χ3n) is 6.12. The topological polar surface area (TPSA) is 37.0 Å². The van der Waals surface area contributed by atoms with E-state index >= 15 is 0 Å². The van der Waals surface area contributed by atoms with Crippen LogP contribution in [0.1, 0.15) is 55.6 Å². The number of rotatable bonds is 4. The Bertz CT molecular complexity index is 989. The Hall–Kier alpha value is -2.33. The fourth-order valence-electron chi connectivity index (χ4n) is 4.05. The number of hydrogen-bond donors (Lipinski definition) is 2. The minimum Gasteiger partial charge on any atom is -0.496 e. The number of benzene rings is 2. The van der Waals surface area contributed by atoms with Gasteiger partial charge in [-0.1, -0.05) is 26.8 Å². The van der Waals surface area contributed by atoms with E-state index < -0.39 is 0 Å². The van der Waals surface area contributed by atoms with Gasteiger partial charge in [0.15, 0.2) is 0 Å². The largest absolute Gasteiger partial charge is 0.496 e. The quantitative estimate of drug-likeness (QED) is 0.663. The van der Waals surface area contributed by atoms with Gasteiger partial charge >= 0.3 is 0 Å². The molecule has 2 aromatic carbocycles. The van der Waals surface area contributed by atoms with Gasteiger partial charge < -0.3 is 15.0 Å². The summed E-state index contributed by atoms with van der Waals surface area (Å²) in [6, 6.07) is 11.5. The zero-order chi connectivity index (χ0) is 19.2. The smallest absolute Gasteiger partial charge is 0.124 e. The number of hydrogen-bond acceptors (Lipinski definition) is 2. The Labute approximate surface area is 159 Å². The highest BCUT2D eigenvalue weighted by Crippen LogP contribution is 2.39. The summed E-state index contributed by atoms with van der Waals surface area (Å²) < 4.78 is 19.5. The predicted octanol–water partition coefficient (Wildman–Crippen LogP) is 5.24. The van der Waals surface area contributed by atoms with E-state index in [-0.39, 0.29) is 17.3 Å². The maximum Gasteiger partial charge on any atom is 0.124 e. The molecule has 27 heavy (non-hydrogen) atoms. The summed E-state index contributed by atoms with van der Waals surface area (Å²) in [7, 11) is 1.72. The highest BCUT2D eigenvalue weighted by molar-refractivity contribution is 5.85.